The zero-order valence-corrected chi connectivity index (χ0v) is 15.0. The summed E-state index contributed by atoms with van der Waals surface area (Å²) in [6.07, 6.45) is 2.37. The third-order valence-electron chi connectivity index (χ3n) is 4.91. The summed E-state index contributed by atoms with van der Waals surface area (Å²) >= 11 is 0. The molecule has 0 saturated carbocycles. The monoisotopic (exact) mass is 338 g/mol. The Morgan fingerprint density at radius 2 is 1.76 bits per heavy atom. The Morgan fingerprint density at radius 3 is 2.40 bits per heavy atom. The van der Waals surface area contributed by atoms with Gasteiger partial charge >= 0.3 is 0 Å². The van der Waals surface area contributed by atoms with Gasteiger partial charge in [0.25, 0.3) is 0 Å². The van der Waals surface area contributed by atoms with Crippen molar-refractivity contribution in [3.05, 3.63) is 59.2 Å². The normalized spacial score (nSPS) is 15.2. The fourth-order valence-corrected chi connectivity index (χ4v) is 3.12. The van der Waals surface area contributed by atoms with Crippen LogP contribution in [-0.4, -0.2) is 30.0 Å². The van der Waals surface area contributed by atoms with Crippen LogP contribution < -0.4 is 10.5 Å². The molecule has 1 amide bonds. The van der Waals surface area contributed by atoms with Gasteiger partial charge in [-0.15, -0.1) is 0 Å². The van der Waals surface area contributed by atoms with Crippen molar-refractivity contribution in [2.45, 2.75) is 39.2 Å². The molecule has 1 aliphatic heterocycles. The van der Waals surface area contributed by atoms with Gasteiger partial charge in [0.1, 0.15) is 11.9 Å². The molecule has 0 aromatic heterocycles. The molecule has 0 aliphatic carbocycles. The van der Waals surface area contributed by atoms with Gasteiger partial charge in [-0.25, -0.2) is 0 Å². The highest BCUT2D eigenvalue weighted by Gasteiger charge is 2.24. The minimum atomic E-state index is 0.175. The van der Waals surface area contributed by atoms with Gasteiger partial charge in [0, 0.05) is 31.6 Å². The number of ether oxygens (including phenoxy) is 1. The summed E-state index contributed by atoms with van der Waals surface area (Å²) < 4.78 is 6.10. The maximum atomic E-state index is 12.5. The topological polar surface area (TPSA) is 55.6 Å². The molecule has 1 fully saturated rings. The number of nitrogen functional groups attached to an aromatic ring is 1. The standard InChI is InChI=1S/C21H26N2O2/c1-15-3-8-20(13-16(15)2)25-19-9-11-23(12-10-19)21(24)14-17-4-6-18(22)7-5-17/h3-8,13,19H,9-12,14,22H2,1-2H3. The number of hydrogen-bond acceptors (Lipinski definition) is 3. The van der Waals surface area contributed by atoms with Crippen LogP contribution in [0.2, 0.25) is 0 Å². The molecule has 2 aromatic rings. The van der Waals surface area contributed by atoms with Gasteiger partial charge in [0.15, 0.2) is 0 Å². The molecule has 1 saturated heterocycles. The molecule has 1 heterocycles. The Kier molecular flexibility index (Phi) is 5.27. The van der Waals surface area contributed by atoms with Crippen molar-refractivity contribution < 1.29 is 9.53 Å². The number of hydrogen-bond donors (Lipinski definition) is 1. The number of amides is 1. The van der Waals surface area contributed by atoms with E-state index in [1.165, 1.54) is 11.1 Å². The van der Waals surface area contributed by atoms with E-state index < -0.39 is 0 Å². The highest BCUT2D eigenvalue weighted by Crippen LogP contribution is 2.22. The number of piperidine rings is 1. The van der Waals surface area contributed by atoms with Crippen LogP contribution in [0.5, 0.6) is 5.75 Å². The molecule has 3 rings (SSSR count). The Balaban J connectivity index is 1.50. The van der Waals surface area contributed by atoms with Crippen LogP contribution in [0, 0.1) is 13.8 Å². The number of rotatable bonds is 4. The summed E-state index contributed by atoms with van der Waals surface area (Å²) in [4.78, 5) is 14.4. The zero-order valence-electron chi connectivity index (χ0n) is 15.0. The van der Waals surface area contributed by atoms with Crippen LogP contribution in [0.1, 0.15) is 29.5 Å². The maximum absolute atomic E-state index is 12.5. The van der Waals surface area contributed by atoms with E-state index in [1.54, 1.807) is 0 Å². The van der Waals surface area contributed by atoms with Gasteiger partial charge in [-0.05, 0) is 54.8 Å². The average Bonchev–Trinajstić information content (AvgIpc) is 2.61. The van der Waals surface area contributed by atoms with Crippen LogP contribution in [0.4, 0.5) is 5.69 Å². The van der Waals surface area contributed by atoms with Crippen molar-refractivity contribution in [2.24, 2.45) is 0 Å². The summed E-state index contributed by atoms with van der Waals surface area (Å²) in [6.45, 7) is 5.71. The van der Waals surface area contributed by atoms with E-state index >= 15 is 0 Å². The van der Waals surface area contributed by atoms with Gasteiger partial charge in [-0.1, -0.05) is 18.2 Å². The Hall–Kier alpha value is -2.49. The van der Waals surface area contributed by atoms with Gasteiger partial charge in [0.2, 0.25) is 5.91 Å². The fourth-order valence-electron chi connectivity index (χ4n) is 3.12. The Bertz CT molecular complexity index is 732. The summed E-state index contributed by atoms with van der Waals surface area (Å²) in [5.74, 6) is 1.10. The molecule has 0 bridgehead atoms. The number of benzene rings is 2. The second kappa shape index (κ2) is 7.60. The van der Waals surface area contributed by atoms with Crippen LogP contribution in [0.15, 0.2) is 42.5 Å². The number of aryl methyl sites for hydroxylation is 2. The number of nitrogens with zero attached hydrogens (tertiary/aromatic N) is 1. The maximum Gasteiger partial charge on any atom is 0.226 e. The van der Waals surface area contributed by atoms with E-state index in [-0.39, 0.29) is 12.0 Å². The van der Waals surface area contributed by atoms with Crippen molar-refractivity contribution in [1.29, 1.82) is 0 Å². The molecular formula is C21H26N2O2. The lowest BCUT2D eigenvalue weighted by Crippen LogP contribution is -2.42. The number of carbonyl (C=O) groups is 1. The van der Waals surface area contributed by atoms with Gasteiger partial charge < -0.3 is 15.4 Å². The van der Waals surface area contributed by atoms with E-state index in [2.05, 4.69) is 26.0 Å². The van der Waals surface area contributed by atoms with Gasteiger partial charge in [-0.2, -0.15) is 0 Å². The van der Waals surface area contributed by atoms with Gasteiger partial charge in [0.05, 0.1) is 6.42 Å². The van der Waals surface area contributed by atoms with Crippen molar-refractivity contribution >= 4 is 11.6 Å². The first-order valence-corrected chi connectivity index (χ1v) is 8.87. The average molecular weight is 338 g/mol. The second-order valence-corrected chi connectivity index (χ2v) is 6.86. The molecule has 0 atom stereocenters. The second-order valence-electron chi connectivity index (χ2n) is 6.86. The van der Waals surface area contributed by atoms with Crippen molar-refractivity contribution in [2.75, 3.05) is 18.8 Å². The largest absolute Gasteiger partial charge is 0.490 e. The number of carbonyl (C=O) groups excluding carboxylic acids is 1. The summed E-state index contributed by atoms with van der Waals surface area (Å²) in [5, 5.41) is 0. The van der Waals surface area contributed by atoms with Gasteiger partial charge in [-0.3, -0.25) is 4.79 Å². The van der Waals surface area contributed by atoms with Crippen molar-refractivity contribution in [3.63, 3.8) is 0 Å². The zero-order chi connectivity index (χ0) is 17.8. The predicted octanol–water partition coefficient (Wildman–Crippen LogP) is 3.50. The predicted molar refractivity (Wildman–Crippen MR) is 101 cm³/mol. The molecule has 2 aromatic carbocycles. The van der Waals surface area contributed by atoms with Crippen LogP contribution >= 0.6 is 0 Å². The van der Waals surface area contributed by atoms with E-state index in [0.29, 0.717) is 6.42 Å². The molecule has 0 unspecified atom stereocenters. The molecule has 0 spiro atoms. The lowest BCUT2D eigenvalue weighted by Gasteiger charge is -2.32. The van der Waals surface area contributed by atoms with Crippen LogP contribution in [0.3, 0.4) is 0 Å². The van der Waals surface area contributed by atoms with E-state index in [4.69, 9.17) is 10.5 Å². The van der Waals surface area contributed by atoms with Crippen molar-refractivity contribution in [3.8, 4) is 5.75 Å². The Labute approximate surface area is 149 Å². The highest BCUT2D eigenvalue weighted by molar-refractivity contribution is 5.79. The SMILES string of the molecule is Cc1ccc(OC2CCN(C(=O)Cc3ccc(N)cc3)CC2)cc1C. The summed E-state index contributed by atoms with van der Waals surface area (Å²) in [6, 6.07) is 13.7. The summed E-state index contributed by atoms with van der Waals surface area (Å²) in [5.41, 5.74) is 9.93. The van der Waals surface area contributed by atoms with E-state index in [9.17, 15) is 4.79 Å². The smallest absolute Gasteiger partial charge is 0.226 e. The molecular weight excluding hydrogens is 312 g/mol. The van der Waals surface area contributed by atoms with Crippen LogP contribution in [0.25, 0.3) is 0 Å². The first-order chi connectivity index (χ1) is 12.0. The summed E-state index contributed by atoms with van der Waals surface area (Å²) in [7, 11) is 0. The molecule has 132 valence electrons. The quantitative estimate of drug-likeness (QED) is 0.868. The lowest BCUT2D eigenvalue weighted by atomic mass is 10.1. The van der Waals surface area contributed by atoms with E-state index in [1.807, 2.05) is 35.2 Å². The number of likely N-dealkylation sites (tertiary alicyclic amines) is 1. The molecule has 4 heteroatoms. The third kappa shape index (κ3) is 4.53. The number of nitrogens with two attached hydrogens (primary N) is 1. The Morgan fingerprint density at radius 1 is 1.08 bits per heavy atom. The molecule has 25 heavy (non-hydrogen) atoms. The molecule has 1 aliphatic rings. The molecule has 2 N–H and O–H groups in total. The van der Waals surface area contributed by atoms with Crippen LogP contribution in [-0.2, 0) is 11.2 Å². The lowest BCUT2D eigenvalue weighted by molar-refractivity contribution is -0.132. The molecule has 4 nitrogen and oxygen atoms in total. The van der Waals surface area contributed by atoms with E-state index in [0.717, 1.165) is 42.9 Å². The minimum absolute atomic E-state index is 0.175. The third-order valence-corrected chi connectivity index (χ3v) is 4.91. The number of anilines is 1. The minimum Gasteiger partial charge on any atom is -0.490 e. The first-order valence-electron chi connectivity index (χ1n) is 8.87. The first kappa shape index (κ1) is 17.3. The highest BCUT2D eigenvalue weighted by atomic mass is 16.5. The molecule has 0 radical (unpaired) electrons. The van der Waals surface area contributed by atoms with Crippen molar-refractivity contribution in [1.82, 2.24) is 4.90 Å². The fraction of sp³-hybridized carbons (Fsp3) is 0.381.